The first-order valence-corrected chi connectivity index (χ1v) is 8.78. The van der Waals surface area contributed by atoms with Gasteiger partial charge in [-0.05, 0) is 43.4 Å². The predicted molar refractivity (Wildman–Crippen MR) is 93.3 cm³/mol. The number of fused-ring (bicyclic) bond motifs is 3. The molecule has 1 unspecified atom stereocenters. The molecule has 0 saturated heterocycles. The van der Waals surface area contributed by atoms with Crippen molar-refractivity contribution in [1.29, 1.82) is 0 Å². The van der Waals surface area contributed by atoms with Gasteiger partial charge in [-0.15, -0.1) is 11.3 Å². The number of hydrogen-bond acceptors (Lipinski definition) is 6. The van der Waals surface area contributed by atoms with Gasteiger partial charge in [0.2, 0.25) is 0 Å². The van der Waals surface area contributed by atoms with Gasteiger partial charge in [-0.2, -0.15) is 0 Å². The van der Waals surface area contributed by atoms with Gasteiger partial charge in [0.15, 0.2) is 5.82 Å². The summed E-state index contributed by atoms with van der Waals surface area (Å²) in [5.41, 5.74) is 15.4. The fourth-order valence-electron chi connectivity index (χ4n) is 3.20. The summed E-state index contributed by atoms with van der Waals surface area (Å²) in [6.45, 7) is 0.381. The second-order valence-corrected chi connectivity index (χ2v) is 6.99. The number of aryl methyl sites for hydroxylation is 2. The van der Waals surface area contributed by atoms with Crippen LogP contribution < -0.4 is 11.5 Å². The molecular formula is C17H19N5S. The quantitative estimate of drug-likeness (QED) is 0.772. The summed E-state index contributed by atoms with van der Waals surface area (Å²) >= 11 is 1.79. The van der Waals surface area contributed by atoms with Crippen molar-refractivity contribution in [2.75, 3.05) is 6.54 Å². The molecule has 4 rings (SSSR count). The fourth-order valence-corrected chi connectivity index (χ4v) is 4.46. The third kappa shape index (κ3) is 2.52. The van der Waals surface area contributed by atoms with Gasteiger partial charge in [0.25, 0.3) is 0 Å². The van der Waals surface area contributed by atoms with E-state index in [1.165, 1.54) is 23.3 Å². The summed E-state index contributed by atoms with van der Waals surface area (Å²) in [4.78, 5) is 16.1. The minimum atomic E-state index is -0.262. The monoisotopic (exact) mass is 325 g/mol. The molecule has 118 valence electrons. The van der Waals surface area contributed by atoms with Gasteiger partial charge < -0.3 is 11.5 Å². The third-order valence-corrected chi connectivity index (χ3v) is 5.57. The molecule has 0 spiro atoms. The van der Waals surface area contributed by atoms with E-state index in [0.29, 0.717) is 12.4 Å². The molecule has 0 aromatic carbocycles. The Morgan fingerprint density at radius 2 is 1.91 bits per heavy atom. The van der Waals surface area contributed by atoms with E-state index in [1.807, 2.05) is 12.1 Å². The van der Waals surface area contributed by atoms with Crippen LogP contribution in [0.1, 0.15) is 35.0 Å². The fraction of sp³-hybridized carbons (Fsp3) is 0.353. The highest BCUT2D eigenvalue weighted by atomic mass is 32.1. The number of nitrogens with two attached hydrogens (primary N) is 2. The van der Waals surface area contributed by atoms with E-state index in [4.69, 9.17) is 21.4 Å². The van der Waals surface area contributed by atoms with Crippen LogP contribution in [0, 0.1) is 0 Å². The molecule has 1 aliphatic carbocycles. The molecule has 4 N–H and O–H groups in total. The molecular weight excluding hydrogens is 306 g/mol. The molecule has 3 heterocycles. The zero-order chi connectivity index (χ0) is 15.8. The zero-order valence-corrected chi connectivity index (χ0v) is 13.6. The Hall–Kier alpha value is -1.89. The molecule has 1 aliphatic rings. The highest BCUT2D eigenvalue weighted by molar-refractivity contribution is 7.18. The summed E-state index contributed by atoms with van der Waals surface area (Å²) in [7, 11) is 0. The number of pyridine rings is 1. The Labute approximate surface area is 138 Å². The van der Waals surface area contributed by atoms with Crippen molar-refractivity contribution in [3.63, 3.8) is 0 Å². The molecule has 0 bridgehead atoms. The highest BCUT2D eigenvalue weighted by Crippen LogP contribution is 2.38. The van der Waals surface area contributed by atoms with Crippen LogP contribution in [0.25, 0.3) is 21.6 Å². The van der Waals surface area contributed by atoms with E-state index in [2.05, 4.69) is 4.98 Å². The number of hydrogen-bond donors (Lipinski definition) is 2. The molecule has 0 aliphatic heterocycles. The predicted octanol–water partition coefficient (Wildman–Crippen LogP) is 2.59. The van der Waals surface area contributed by atoms with Crippen LogP contribution in [0.15, 0.2) is 24.5 Å². The van der Waals surface area contributed by atoms with E-state index < -0.39 is 0 Å². The first-order chi connectivity index (χ1) is 11.3. The lowest BCUT2D eigenvalue weighted by atomic mass is 9.95. The minimum Gasteiger partial charge on any atom is -0.329 e. The Morgan fingerprint density at radius 1 is 1.13 bits per heavy atom. The number of nitrogens with zero attached hydrogens (tertiary/aromatic N) is 3. The van der Waals surface area contributed by atoms with Crippen LogP contribution >= 0.6 is 11.3 Å². The molecule has 0 amide bonds. The minimum absolute atomic E-state index is 0.262. The van der Waals surface area contributed by atoms with Gasteiger partial charge in [0.1, 0.15) is 4.83 Å². The standard InChI is InChI=1S/C17H19N5S/c18-9-12(19)15-14-11-3-1-2-4-13(11)23-17(14)22-16(21-15)10-5-7-20-8-6-10/h5-8,12H,1-4,9,18-19H2. The summed E-state index contributed by atoms with van der Waals surface area (Å²) in [6, 6.07) is 3.58. The lowest BCUT2D eigenvalue weighted by Gasteiger charge is -2.15. The first-order valence-electron chi connectivity index (χ1n) is 7.96. The molecule has 0 fully saturated rings. The maximum absolute atomic E-state index is 6.28. The average molecular weight is 325 g/mol. The Bertz CT molecular complexity index is 843. The summed E-state index contributed by atoms with van der Waals surface area (Å²) < 4.78 is 0. The lowest BCUT2D eigenvalue weighted by molar-refractivity contribution is 0.693. The van der Waals surface area contributed by atoms with Crippen LogP contribution in [-0.2, 0) is 12.8 Å². The number of rotatable bonds is 3. The maximum atomic E-state index is 6.28. The van der Waals surface area contributed by atoms with Gasteiger partial charge in [0.05, 0.1) is 11.7 Å². The molecule has 23 heavy (non-hydrogen) atoms. The average Bonchev–Trinajstić information content (AvgIpc) is 2.99. The zero-order valence-electron chi connectivity index (χ0n) is 12.8. The van der Waals surface area contributed by atoms with E-state index in [0.717, 1.165) is 34.3 Å². The number of thiophene rings is 1. The second-order valence-electron chi connectivity index (χ2n) is 5.90. The largest absolute Gasteiger partial charge is 0.329 e. The van der Waals surface area contributed by atoms with Gasteiger partial charge >= 0.3 is 0 Å². The van der Waals surface area contributed by atoms with Crippen LogP contribution in [0.2, 0.25) is 0 Å². The third-order valence-electron chi connectivity index (χ3n) is 4.39. The smallest absolute Gasteiger partial charge is 0.161 e. The molecule has 6 heteroatoms. The van der Waals surface area contributed by atoms with Gasteiger partial charge in [0, 0.05) is 34.8 Å². The van der Waals surface area contributed by atoms with Crippen LogP contribution in [0.5, 0.6) is 0 Å². The van der Waals surface area contributed by atoms with Crippen molar-refractivity contribution >= 4 is 21.6 Å². The molecule has 0 radical (unpaired) electrons. The molecule has 0 saturated carbocycles. The van der Waals surface area contributed by atoms with Crippen LogP contribution in [0.4, 0.5) is 0 Å². The first kappa shape index (κ1) is 14.7. The summed E-state index contributed by atoms with van der Waals surface area (Å²) in [6.07, 6.45) is 8.22. The van der Waals surface area contributed by atoms with Gasteiger partial charge in [-0.25, -0.2) is 9.97 Å². The van der Waals surface area contributed by atoms with Crippen LogP contribution in [-0.4, -0.2) is 21.5 Å². The lowest BCUT2D eigenvalue weighted by Crippen LogP contribution is -2.23. The number of aromatic nitrogens is 3. The maximum Gasteiger partial charge on any atom is 0.161 e. The van der Waals surface area contributed by atoms with E-state index in [9.17, 15) is 0 Å². The second kappa shape index (κ2) is 5.96. The van der Waals surface area contributed by atoms with Crippen molar-refractivity contribution in [1.82, 2.24) is 15.0 Å². The molecule has 3 aromatic rings. The van der Waals surface area contributed by atoms with Crippen molar-refractivity contribution in [3.8, 4) is 11.4 Å². The van der Waals surface area contributed by atoms with E-state index in [1.54, 1.807) is 23.7 Å². The highest BCUT2D eigenvalue weighted by Gasteiger charge is 2.23. The van der Waals surface area contributed by atoms with Crippen molar-refractivity contribution in [3.05, 3.63) is 40.7 Å². The molecule has 5 nitrogen and oxygen atoms in total. The Kier molecular flexibility index (Phi) is 3.80. The summed E-state index contributed by atoms with van der Waals surface area (Å²) in [5.74, 6) is 0.706. The Morgan fingerprint density at radius 3 is 2.70 bits per heavy atom. The van der Waals surface area contributed by atoms with E-state index >= 15 is 0 Å². The summed E-state index contributed by atoms with van der Waals surface area (Å²) in [5, 5.41) is 1.15. The van der Waals surface area contributed by atoms with Gasteiger partial charge in [-0.1, -0.05) is 0 Å². The Balaban J connectivity index is 1.98. The van der Waals surface area contributed by atoms with E-state index in [-0.39, 0.29) is 6.04 Å². The SMILES string of the molecule is NCC(N)c1nc(-c2ccncc2)nc2sc3c(c12)CCCC3. The van der Waals surface area contributed by atoms with Crippen molar-refractivity contribution in [2.24, 2.45) is 11.5 Å². The van der Waals surface area contributed by atoms with Crippen molar-refractivity contribution < 1.29 is 0 Å². The molecule has 3 aromatic heterocycles. The topological polar surface area (TPSA) is 90.7 Å². The van der Waals surface area contributed by atoms with Crippen LogP contribution in [0.3, 0.4) is 0 Å². The van der Waals surface area contributed by atoms with Gasteiger partial charge in [-0.3, -0.25) is 4.98 Å². The normalized spacial score (nSPS) is 15.6. The molecule has 1 atom stereocenters. The van der Waals surface area contributed by atoms with Crippen molar-refractivity contribution in [2.45, 2.75) is 31.7 Å².